The monoisotopic (exact) mass is 314 g/mol. The molecule has 1 unspecified atom stereocenters. The van der Waals surface area contributed by atoms with E-state index >= 15 is 0 Å². The quantitative estimate of drug-likeness (QED) is 0.685. The largest absolute Gasteiger partial charge is 0.348 e. The van der Waals surface area contributed by atoms with Gasteiger partial charge in [0, 0.05) is 23.1 Å². The van der Waals surface area contributed by atoms with E-state index in [1.54, 1.807) is 6.07 Å². The predicted octanol–water partition coefficient (Wildman–Crippen LogP) is 3.03. The van der Waals surface area contributed by atoms with E-state index in [1.807, 2.05) is 6.92 Å². The maximum atomic E-state index is 11.9. The summed E-state index contributed by atoms with van der Waals surface area (Å²) in [5, 5.41) is 3.01. The van der Waals surface area contributed by atoms with Crippen LogP contribution < -0.4 is 5.32 Å². The summed E-state index contributed by atoms with van der Waals surface area (Å²) in [4.78, 5) is 15.8. The van der Waals surface area contributed by atoms with Crippen LogP contribution in [-0.2, 0) is 0 Å². The Morgan fingerprint density at radius 1 is 1.76 bits per heavy atom. The van der Waals surface area contributed by atoms with E-state index in [0.29, 0.717) is 16.5 Å². The van der Waals surface area contributed by atoms with Crippen LogP contribution in [-0.4, -0.2) is 16.9 Å². The van der Waals surface area contributed by atoms with Crippen molar-refractivity contribution in [1.29, 1.82) is 0 Å². The molecule has 1 atom stereocenters. The molecule has 90 valence electrons. The van der Waals surface area contributed by atoms with Gasteiger partial charge in [-0.15, -0.1) is 12.3 Å². The summed E-state index contributed by atoms with van der Waals surface area (Å²) in [6.45, 7) is 1.96. The second-order valence-corrected chi connectivity index (χ2v) is 4.75. The summed E-state index contributed by atoms with van der Waals surface area (Å²) in [6.07, 6.45) is 8.04. The van der Waals surface area contributed by atoms with Crippen molar-refractivity contribution in [3.63, 3.8) is 0 Å². The summed E-state index contributed by atoms with van der Waals surface area (Å²) in [5.41, 5.74) is 0.344. The molecule has 0 radical (unpaired) electrons. The Labute approximate surface area is 114 Å². The fraction of sp³-hybridized carbons (Fsp3) is 0.333. The third-order valence-corrected chi connectivity index (χ3v) is 2.98. The van der Waals surface area contributed by atoms with Crippen molar-refractivity contribution in [2.45, 2.75) is 25.8 Å². The number of hydrogen-bond acceptors (Lipinski definition) is 2. The Bertz CT molecular complexity index is 456. The van der Waals surface area contributed by atoms with Crippen LogP contribution in [0, 0.1) is 12.3 Å². The first-order valence-electron chi connectivity index (χ1n) is 5.13. The third-order valence-electron chi connectivity index (χ3n) is 2.24. The van der Waals surface area contributed by atoms with E-state index < -0.39 is 0 Å². The van der Waals surface area contributed by atoms with Crippen molar-refractivity contribution in [1.82, 2.24) is 10.3 Å². The van der Waals surface area contributed by atoms with Gasteiger partial charge in [0.05, 0.1) is 5.56 Å². The van der Waals surface area contributed by atoms with E-state index in [1.165, 1.54) is 6.20 Å². The van der Waals surface area contributed by atoms with Crippen LogP contribution in [0.1, 0.15) is 30.1 Å². The highest BCUT2D eigenvalue weighted by molar-refractivity contribution is 9.10. The lowest BCUT2D eigenvalue weighted by atomic mass is 10.1. The predicted molar refractivity (Wildman–Crippen MR) is 71.9 cm³/mol. The second-order valence-electron chi connectivity index (χ2n) is 3.48. The van der Waals surface area contributed by atoms with Crippen LogP contribution in [0.2, 0.25) is 5.15 Å². The average molecular weight is 316 g/mol. The normalized spacial score (nSPS) is 11.6. The van der Waals surface area contributed by atoms with Crippen LogP contribution in [0.25, 0.3) is 0 Å². The van der Waals surface area contributed by atoms with Crippen molar-refractivity contribution in [2.24, 2.45) is 0 Å². The van der Waals surface area contributed by atoms with Crippen molar-refractivity contribution in [3.8, 4) is 12.3 Å². The summed E-state index contributed by atoms with van der Waals surface area (Å²) in [5.74, 6) is 2.27. The molecule has 0 saturated carbocycles. The van der Waals surface area contributed by atoms with Gasteiger partial charge in [-0.2, -0.15) is 0 Å². The van der Waals surface area contributed by atoms with Gasteiger partial charge in [-0.25, -0.2) is 4.98 Å². The molecule has 1 aromatic heterocycles. The fourth-order valence-electron chi connectivity index (χ4n) is 1.28. The number of carbonyl (C=O) groups is 1. The van der Waals surface area contributed by atoms with E-state index in [4.69, 9.17) is 18.0 Å². The zero-order valence-electron chi connectivity index (χ0n) is 9.34. The average Bonchev–Trinajstić information content (AvgIpc) is 2.31. The number of terminal acetylenes is 1. The zero-order chi connectivity index (χ0) is 12.8. The highest BCUT2D eigenvalue weighted by Gasteiger charge is 2.15. The van der Waals surface area contributed by atoms with Gasteiger partial charge in [0.1, 0.15) is 5.15 Å². The molecule has 0 spiro atoms. The second kappa shape index (κ2) is 6.63. The van der Waals surface area contributed by atoms with Gasteiger partial charge in [-0.1, -0.05) is 18.5 Å². The van der Waals surface area contributed by atoms with Crippen LogP contribution in [0.3, 0.4) is 0 Å². The maximum Gasteiger partial charge on any atom is 0.254 e. The van der Waals surface area contributed by atoms with Gasteiger partial charge in [0.25, 0.3) is 5.91 Å². The van der Waals surface area contributed by atoms with Gasteiger partial charge in [-0.05, 0) is 28.4 Å². The molecule has 1 N–H and O–H groups in total. The number of pyridine rings is 1. The topological polar surface area (TPSA) is 42.0 Å². The van der Waals surface area contributed by atoms with E-state index in [2.05, 4.69) is 32.2 Å². The Morgan fingerprint density at radius 3 is 3.06 bits per heavy atom. The van der Waals surface area contributed by atoms with Crippen LogP contribution in [0.4, 0.5) is 0 Å². The van der Waals surface area contributed by atoms with Gasteiger partial charge >= 0.3 is 0 Å². The number of rotatable bonds is 4. The number of halogens is 2. The Morgan fingerprint density at radius 2 is 2.47 bits per heavy atom. The third kappa shape index (κ3) is 4.03. The van der Waals surface area contributed by atoms with Crippen molar-refractivity contribution >= 4 is 33.4 Å². The van der Waals surface area contributed by atoms with Crippen molar-refractivity contribution in [3.05, 3.63) is 27.5 Å². The van der Waals surface area contributed by atoms with Gasteiger partial charge < -0.3 is 5.32 Å². The Kier molecular flexibility index (Phi) is 5.46. The molecule has 1 heterocycles. The summed E-state index contributed by atoms with van der Waals surface area (Å²) >= 11 is 9.11. The molecule has 1 amide bonds. The number of aromatic nitrogens is 1. The van der Waals surface area contributed by atoms with Crippen LogP contribution in [0.15, 0.2) is 16.7 Å². The first-order chi connectivity index (χ1) is 8.08. The molecule has 0 fully saturated rings. The van der Waals surface area contributed by atoms with Crippen LogP contribution in [0.5, 0.6) is 0 Å². The fourth-order valence-corrected chi connectivity index (χ4v) is 1.81. The van der Waals surface area contributed by atoms with Gasteiger partial charge in [0.2, 0.25) is 0 Å². The SMILES string of the molecule is C#CCC(CC)NC(=O)c1cc(Br)cnc1Cl. The number of nitrogens with zero attached hydrogens (tertiary/aromatic N) is 1. The summed E-state index contributed by atoms with van der Waals surface area (Å²) in [7, 11) is 0. The molecule has 1 aromatic rings. The van der Waals surface area contributed by atoms with E-state index in [9.17, 15) is 4.79 Å². The maximum absolute atomic E-state index is 11.9. The lowest BCUT2D eigenvalue weighted by molar-refractivity contribution is 0.0936. The molecule has 0 bridgehead atoms. The molecule has 0 aliphatic heterocycles. The van der Waals surface area contributed by atoms with E-state index in [0.717, 1.165) is 6.42 Å². The molecular formula is C12H12BrClN2O. The molecule has 5 heteroatoms. The van der Waals surface area contributed by atoms with Crippen LogP contribution >= 0.6 is 27.5 Å². The highest BCUT2D eigenvalue weighted by atomic mass is 79.9. The molecule has 0 aliphatic rings. The van der Waals surface area contributed by atoms with E-state index in [-0.39, 0.29) is 17.1 Å². The minimum atomic E-state index is -0.258. The Balaban J connectivity index is 2.82. The first kappa shape index (κ1) is 14.0. The standard InChI is InChI=1S/C12H12BrClN2O/c1-3-5-9(4-2)16-12(17)10-6-8(13)7-15-11(10)14/h1,6-7,9H,4-5H2,2H3,(H,16,17). The van der Waals surface area contributed by atoms with Crippen molar-refractivity contribution < 1.29 is 4.79 Å². The smallest absolute Gasteiger partial charge is 0.254 e. The molecule has 0 aliphatic carbocycles. The van der Waals surface area contributed by atoms with Gasteiger partial charge in [0.15, 0.2) is 0 Å². The molecule has 1 rings (SSSR count). The minimum Gasteiger partial charge on any atom is -0.348 e. The zero-order valence-corrected chi connectivity index (χ0v) is 11.7. The van der Waals surface area contributed by atoms with Gasteiger partial charge in [-0.3, -0.25) is 4.79 Å². The summed E-state index contributed by atoms with van der Waals surface area (Å²) < 4.78 is 0.706. The molecule has 0 saturated heterocycles. The number of amides is 1. The molecule has 0 aromatic carbocycles. The first-order valence-corrected chi connectivity index (χ1v) is 6.31. The lowest BCUT2D eigenvalue weighted by Crippen LogP contribution is -2.34. The Hall–Kier alpha value is -1.05. The number of nitrogens with one attached hydrogen (secondary N) is 1. The number of carbonyl (C=O) groups excluding carboxylic acids is 1. The summed E-state index contributed by atoms with van der Waals surface area (Å²) in [6, 6.07) is 1.59. The lowest BCUT2D eigenvalue weighted by Gasteiger charge is -2.14. The molecule has 17 heavy (non-hydrogen) atoms. The van der Waals surface area contributed by atoms with Crippen molar-refractivity contribution in [2.75, 3.05) is 0 Å². The molecule has 3 nitrogen and oxygen atoms in total. The number of hydrogen-bond donors (Lipinski definition) is 1. The minimum absolute atomic E-state index is 0.0393. The molecular weight excluding hydrogens is 304 g/mol. The highest BCUT2D eigenvalue weighted by Crippen LogP contribution is 2.18.